The lowest BCUT2D eigenvalue weighted by atomic mass is 10.1. The third-order valence-corrected chi connectivity index (χ3v) is 2.51. The number of phenols is 1. The van der Waals surface area contributed by atoms with Gasteiger partial charge in [-0.25, -0.2) is 0 Å². The zero-order valence-corrected chi connectivity index (χ0v) is 9.90. The number of methoxy groups -OCH3 is 1. The zero-order valence-electron chi connectivity index (χ0n) is 9.90. The molecule has 0 saturated carbocycles. The summed E-state index contributed by atoms with van der Waals surface area (Å²) in [6.07, 6.45) is 0. The summed E-state index contributed by atoms with van der Waals surface area (Å²) in [5, 5.41) is 21.6. The summed E-state index contributed by atoms with van der Waals surface area (Å²) in [5.74, 6) is 0.594. The van der Waals surface area contributed by atoms with Crippen LogP contribution in [0.25, 0.3) is 0 Å². The molecular weight excluding hydrogens is 206 g/mol. The highest BCUT2D eigenvalue weighted by Crippen LogP contribution is 2.28. The van der Waals surface area contributed by atoms with E-state index in [0.29, 0.717) is 5.75 Å². The summed E-state index contributed by atoms with van der Waals surface area (Å²) in [4.78, 5) is 0. The number of aromatic hydroxyl groups is 1. The van der Waals surface area contributed by atoms with E-state index in [0.717, 1.165) is 5.56 Å². The Bertz CT molecular complexity index is 341. The lowest BCUT2D eigenvalue weighted by Gasteiger charge is -2.19. The molecule has 1 aromatic carbocycles. The zero-order chi connectivity index (χ0) is 12.1. The Hall–Kier alpha value is -1.26. The van der Waals surface area contributed by atoms with E-state index in [4.69, 9.17) is 9.84 Å². The van der Waals surface area contributed by atoms with Crippen LogP contribution in [0.15, 0.2) is 18.2 Å². The van der Waals surface area contributed by atoms with Crippen molar-refractivity contribution in [1.82, 2.24) is 5.32 Å². The van der Waals surface area contributed by atoms with Gasteiger partial charge in [0.25, 0.3) is 0 Å². The fraction of sp³-hybridized carbons (Fsp3) is 0.500. The molecule has 90 valence electrons. The molecule has 1 unspecified atom stereocenters. The van der Waals surface area contributed by atoms with Crippen LogP contribution in [-0.4, -0.2) is 30.0 Å². The maximum atomic E-state index is 9.46. The smallest absolute Gasteiger partial charge is 0.160 e. The molecule has 4 heteroatoms. The lowest BCUT2D eigenvalue weighted by Crippen LogP contribution is -2.31. The van der Waals surface area contributed by atoms with Gasteiger partial charge < -0.3 is 20.3 Å². The van der Waals surface area contributed by atoms with Crippen molar-refractivity contribution in [3.63, 3.8) is 0 Å². The molecule has 0 aromatic heterocycles. The predicted octanol–water partition coefficient (Wildman–Crippen LogP) is 1.43. The van der Waals surface area contributed by atoms with Crippen molar-refractivity contribution in [2.45, 2.75) is 25.9 Å². The molecule has 0 bridgehead atoms. The van der Waals surface area contributed by atoms with Gasteiger partial charge in [-0.1, -0.05) is 6.07 Å². The van der Waals surface area contributed by atoms with Gasteiger partial charge in [0.2, 0.25) is 0 Å². The van der Waals surface area contributed by atoms with Crippen LogP contribution in [0.2, 0.25) is 0 Å². The molecule has 1 aromatic rings. The number of aliphatic hydroxyl groups is 1. The standard InChI is InChI=1S/C12H19NO3/c1-8(7-14)13-9(2)10-4-5-11(15)12(6-10)16-3/h4-6,8-9,13-15H,7H2,1-3H3/t8-,9?/m1/s1. The van der Waals surface area contributed by atoms with Gasteiger partial charge >= 0.3 is 0 Å². The van der Waals surface area contributed by atoms with Crippen LogP contribution >= 0.6 is 0 Å². The molecular formula is C12H19NO3. The van der Waals surface area contributed by atoms with E-state index in [1.54, 1.807) is 12.1 Å². The predicted molar refractivity (Wildman–Crippen MR) is 62.8 cm³/mol. The van der Waals surface area contributed by atoms with Crippen LogP contribution in [0.5, 0.6) is 11.5 Å². The average Bonchev–Trinajstić information content (AvgIpc) is 2.29. The number of aliphatic hydroxyl groups excluding tert-OH is 1. The Morgan fingerprint density at radius 1 is 1.38 bits per heavy atom. The topological polar surface area (TPSA) is 61.7 Å². The first-order chi connectivity index (χ1) is 7.58. The molecule has 0 aliphatic carbocycles. The Kier molecular flexibility index (Phi) is 4.58. The van der Waals surface area contributed by atoms with Crippen molar-refractivity contribution in [3.8, 4) is 11.5 Å². The first-order valence-corrected chi connectivity index (χ1v) is 5.32. The molecule has 2 atom stereocenters. The number of benzene rings is 1. The first kappa shape index (κ1) is 12.8. The Labute approximate surface area is 95.9 Å². The fourth-order valence-corrected chi connectivity index (χ4v) is 1.54. The summed E-state index contributed by atoms with van der Waals surface area (Å²) in [7, 11) is 1.52. The van der Waals surface area contributed by atoms with E-state index < -0.39 is 0 Å². The Morgan fingerprint density at radius 2 is 2.06 bits per heavy atom. The second-order valence-electron chi connectivity index (χ2n) is 3.90. The molecule has 0 aliphatic heterocycles. The molecule has 0 amide bonds. The van der Waals surface area contributed by atoms with Gasteiger partial charge in [-0.15, -0.1) is 0 Å². The molecule has 1 rings (SSSR count). The number of hydrogen-bond acceptors (Lipinski definition) is 4. The minimum atomic E-state index is 0.0368. The highest BCUT2D eigenvalue weighted by Gasteiger charge is 2.11. The van der Waals surface area contributed by atoms with E-state index in [1.165, 1.54) is 7.11 Å². The van der Waals surface area contributed by atoms with Crippen molar-refractivity contribution in [1.29, 1.82) is 0 Å². The van der Waals surface area contributed by atoms with Crippen molar-refractivity contribution in [3.05, 3.63) is 23.8 Å². The summed E-state index contributed by atoms with van der Waals surface area (Å²) in [5.41, 5.74) is 1.01. The van der Waals surface area contributed by atoms with E-state index in [1.807, 2.05) is 19.9 Å². The lowest BCUT2D eigenvalue weighted by molar-refractivity contribution is 0.243. The largest absolute Gasteiger partial charge is 0.504 e. The first-order valence-electron chi connectivity index (χ1n) is 5.32. The van der Waals surface area contributed by atoms with Crippen molar-refractivity contribution in [2.75, 3.05) is 13.7 Å². The van der Waals surface area contributed by atoms with Gasteiger partial charge in [-0.05, 0) is 31.5 Å². The quantitative estimate of drug-likeness (QED) is 0.709. The maximum Gasteiger partial charge on any atom is 0.160 e. The SMILES string of the molecule is COc1cc(C(C)N[C@H](C)CO)ccc1O. The van der Waals surface area contributed by atoms with Crippen molar-refractivity contribution >= 4 is 0 Å². The molecule has 0 fully saturated rings. The molecule has 0 radical (unpaired) electrons. The van der Waals surface area contributed by atoms with Gasteiger partial charge in [-0.3, -0.25) is 0 Å². The van der Waals surface area contributed by atoms with Gasteiger partial charge in [0.1, 0.15) is 0 Å². The van der Waals surface area contributed by atoms with E-state index in [9.17, 15) is 5.11 Å². The van der Waals surface area contributed by atoms with Crippen LogP contribution in [0.3, 0.4) is 0 Å². The van der Waals surface area contributed by atoms with Crippen LogP contribution in [0, 0.1) is 0 Å². The molecule has 0 heterocycles. The van der Waals surface area contributed by atoms with Crippen LogP contribution < -0.4 is 10.1 Å². The number of rotatable bonds is 5. The Morgan fingerprint density at radius 3 is 2.62 bits per heavy atom. The number of phenolic OH excluding ortho intramolecular Hbond substituents is 1. The molecule has 0 aliphatic rings. The fourth-order valence-electron chi connectivity index (χ4n) is 1.54. The molecule has 0 saturated heterocycles. The monoisotopic (exact) mass is 225 g/mol. The molecule has 3 N–H and O–H groups in total. The van der Waals surface area contributed by atoms with Crippen molar-refractivity contribution < 1.29 is 14.9 Å². The number of hydrogen-bond donors (Lipinski definition) is 3. The van der Waals surface area contributed by atoms with E-state index >= 15 is 0 Å². The third kappa shape index (κ3) is 3.12. The summed E-state index contributed by atoms with van der Waals surface area (Å²) < 4.78 is 5.04. The minimum Gasteiger partial charge on any atom is -0.504 e. The molecule has 4 nitrogen and oxygen atoms in total. The van der Waals surface area contributed by atoms with Crippen LogP contribution in [-0.2, 0) is 0 Å². The molecule has 16 heavy (non-hydrogen) atoms. The normalized spacial score (nSPS) is 14.5. The van der Waals surface area contributed by atoms with Gasteiger partial charge in [0.05, 0.1) is 13.7 Å². The maximum absolute atomic E-state index is 9.46. The Balaban J connectivity index is 2.79. The van der Waals surface area contributed by atoms with Crippen molar-refractivity contribution in [2.24, 2.45) is 0 Å². The average molecular weight is 225 g/mol. The highest BCUT2D eigenvalue weighted by atomic mass is 16.5. The van der Waals surface area contributed by atoms with Gasteiger partial charge in [-0.2, -0.15) is 0 Å². The number of nitrogens with one attached hydrogen (secondary N) is 1. The molecule has 0 spiro atoms. The summed E-state index contributed by atoms with van der Waals surface area (Å²) >= 11 is 0. The van der Waals surface area contributed by atoms with Gasteiger partial charge in [0, 0.05) is 12.1 Å². The van der Waals surface area contributed by atoms with E-state index in [-0.39, 0.29) is 24.4 Å². The van der Waals surface area contributed by atoms with E-state index in [2.05, 4.69) is 5.32 Å². The summed E-state index contributed by atoms with van der Waals surface area (Å²) in [6, 6.07) is 5.36. The van der Waals surface area contributed by atoms with Gasteiger partial charge in [0.15, 0.2) is 11.5 Å². The second-order valence-corrected chi connectivity index (χ2v) is 3.90. The number of ether oxygens (including phenoxy) is 1. The summed E-state index contributed by atoms with van der Waals surface area (Å²) in [6.45, 7) is 4.01. The van der Waals surface area contributed by atoms with Crippen LogP contribution in [0.4, 0.5) is 0 Å². The third-order valence-electron chi connectivity index (χ3n) is 2.51. The van der Waals surface area contributed by atoms with Crippen LogP contribution in [0.1, 0.15) is 25.5 Å². The second kappa shape index (κ2) is 5.72. The highest BCUT2D eigenvalue weighted by molar-refractivity contribution is 5.42. The minimum absolute atomic E-state index is 0.0368.